The monoisotopic (exact) mass is 278 g/mol. The van der Waals surface area contributed by atoms with Gasteiger partial charge in [-0.2, -0.15) is 0 Å². The molecule has 1 heterocycles. The lowest BCUT2D eigenvalue weighted by molar-refractivity contribution is 0.0940. The van der Waals surface area contributed by atoms with Crippen LogP contribution in [0.2, 0.25) is 0 Å². The molecule has 1 amide bonds. The van der Waals surface area contributed by atoms with Crippen molar-refractivity contribution >= 4 is 22.9 Å². The zero-order chi connectivity index (χ0) is 14.0. The Bertz CT molecular complexity index is 609. The summed E-state index contributed by atoms with van der Waals surface area (Å²) in [5.74, 6) is -0.885. The summed E-state index contributed by atoms with van der Waals surface area (Å²) in [5, 5.41) is 2.84. The zero-order valence-electron chi connectivity index (χ0n) is 10.7. The topological polar surface area (TPSA) is 55.1 Å². The van der Waals surface area contributed by atoms with Gasteiger partial charge < -0.3 is 11.1 Å². The van der Waals surface area contributed by atoms with Gasteiger partial charge in [0.15, 0.2) is 0 Å². The number of nitrogens with two attached hydrogens (primary N) is 1. The highest BCUT2D eigenvalue weighted by Crippen LogP contribution is 2.22. The molecule has 100 valence electrons. The first-order valence-electron chi connectivity index (χ1n) is 5.89. The fraction of sp³-hybridized carbons (Fsp3) is 0.214. The van der Waals surface area contributed by atoms with E-state index in [1.807, 2.05) is 26.0 Å². The number of aryl methyl sites for hydroxylation is 1. The molecule has 19 heavy (non-hydrogen) atoms. The van der Waals surface area contributed by atoms with Crippen LogP contribution < -0.4 is 11.1 Å². The van der Waals surface area contributed by atoms with Gasteiger partial charge in [-0.15, -0.1) is 11.3 Å². The van der Waals surface area contributed by atoms with E-state index in [0.29, 0.717) is 0 Å². The Hall–Kier alpha value is -1.88. The minimum absolute atomic E-state index is 0.0403. The maximum Gasteiger partial charge on any atom is 0.251 e. The molecule has 0 fully saturated rings. The molecule has 2 rings (SSSR count). The average molecular weight is 278 g/mol. The van der Waals surface area contributed by atoms with Crippen molar-refractivity contribution in [3.63, 3.8) is 0 Å². The summed E-state index contributed by atoms with van der Waals surface area (Å²) in [7, 11) is 0. The lowest BCUT2D eigenvalue weighted by atomic mass is 10.1. The summed E-state index contributed by atoms with van der Waals surface area (Å²) in [6.07, 6.45) is 0. The predicted molar refractivity (Wildman–Crippen MR) is 75.7 cm³/mol. The van der Waals surface area contributed by atoms with E-state index in [1.54, 1.807) is 11.3 Å². The van der Waals surface area contributed by atoms with Gasteiger partial charge >= 0.3 is 0 Å². The van der Waals surface area contributed by atoms with Gasteiger partial charge in [-0.1, -0.05) is 0 Å². The van der Waals surface area contributed by atoms with E-state index < -0.39 is 5.82 Å². The van der Waals surface area contributed by atoms with Gasteiger partial charge in [0.05, 0.1) is 11.7 Å². The standard InChI is InChI=1S/C14H15FN2OS/c1-8-3-6-13(19-8)9(2)17-14(18)10-4-5-12(16)11(15)7-10/h3-7,9H,16H2,1-2H3,(H,17,18). The minimum Gasteiger partial charge on any atom is -0.396 e. The summed E-state index contributed by atoms with van der Waals surface area (Å²) in [6.45, 7) is 3.91. The van der Waals surface area contributed by atoms with Crippen molar-refractivity contribution in [2.75, 3.05) is 5.73 Å². The van der Waals surface area contributed by atoms with Crippen LogP contribution >= 0.6 is 11.3 Å². The van der Waals surface area contributed by atoms with Crippen molar-refractivity contribution in [1.82, 2.24) is 5.32 Å². The molecule has 0 radical (unpaired) electrons. The van der Waals surface area contributed by atoms with Crippen LogP contribution in [0.1, 0.15) is 33.1 Å². The molecular weight excluding hydrogens is 263 g/mol. The number of hydrogen-bond donors (Lipinski definition) is 2. The van der Waals surface area contributed by atoms with Gasteiger partial charge in [0.1, 0.15) is 5.82 Å². The van der Waals surface area contributed by atoms with Crippen molar-refractivity contribution in [1.29, 1.82) is 0 Å². The van der Waals surface area contributed by atoms with Crippen LogP contribution in [-0.2, 0) is 0 Å². The highest BCUT2D eigenvalue weighted by atomic mass is 32.1. The van der Waals surface area contributed by atoms with Crippen molar-refractivity contribution in [3.8, 4) is 0 Å². The number of nitrogen functional groups attached to an aromatic ring is 1. The SMILES string of the molecule is Cc1ccc(C(C)NC(=O)c2ccc(N)c(F)c2)s1. The minimum atomic E-state index is -0.577. The van der Waals surface area contributed by atoms with E-state index >= 15 is 0 Å². The third-order valence-electron chi connectivity index (χ3n) is 2.80. The Kier molecular flexibility index (Phi) is 3.85. The Labute approximate surface area is 115 Å². The number of carbonyl (C=O) groups excluding carboxylic acids is 1. The maximum absolute atomic E-state index is 13.3. The highest BCUT2D eigenvalue weighted by molar-refractivity contribution is 7.12. The van der Waals surface area contributed by atoms with Crippen LogP contribution in [0.3, 0.4) is 0 Å². The van der Waals surface area contributed by atoms with Crippen molar-refractivity contribution in [2.24, 2.45) is 0 Å². The van der Waals surface area contributed by atoms with E-state index in [1.165, 1.54) is 17.0 Å². The Morgan fingerprint density at radius 1 is 1.37 bits per heavy atom. The Balaban J connectivity index is 2.10. The molecule has 3 N–H and O–H groups in total. The first-order chi connectivity index (χ1) is 8.97. The number of nitrogens with one attached hydrogen (secondary N) is 1. The quantitative estimate of drug-likeness (QED) is 0.847. The van der Waals surface area contributed by atoms with Gasteiger partial charge in [-0.25, -0.2) is 4.39 Å². The van der Waals surface area contributed by atoms with Crippen LogP contribution in [0, 0.1) is 12.7 Å². The predicted octanol–water partition coefficient (Wildman–Crippen LogP) is 3.27. The lowest BCUT2D eigenvalue weighted by Crippen LogP contribution is -2.26. The number of carbonyl (C=O) groups is 1. The Morgan fingerprint density at radius 2 is 2.11 bits per heavy atom. The fourth-order valence-corrected chi connectivity index (χ4v) is 2.59. The van der Waals surface area contributed by atoms with Crippen LogP contribution in [0.4, 0.5) is 10.1 Å². The third kappa shape index (κ3) is 3.12. The number of hydrogen-bond acceptors (Lipinski definition) is 3. The van der Waals surface area contributed by atoms with E-state index in [-0.39, 0.29) is 23.2 Å². The molecule has 0 saturated carbocycles. The molecule has 1 aromatic heterocycles. The molecule has 1 unspecified atom stereocenters. The zero-order valence-corrected chi connectivity index (χ0v) is 11.6. The van der Waals surface area contributed by atoms with Crippen molar-refractivity contribution in [2.45, 2.75) is 19.9 Å². The van der Waals surface area contributed by atoms with Gasteiger partial charge in [-0.3, -0.25) is 4.79 Å². The summed E-state index contributed by atoms with van der Waals surface area (Å²) in [5.41, 5.74) is 5.69. The molecular formula is C14H15FN2OS. The summed E-state index contributed by atoms with van der Waals surface area (Å²) in [4.78, 5) is 14.2. The highest BCUT2D eigenvalue weighted by Gasteiger charge is 2.13. The van der Waals surface area contributed by atoms with E-state index in [0.717, 1.165) is 10.9 Å². The van der Waals surface area contributed by atoms with Gasteiger partial charge in [0.2, 0.25) is 0 Å². The van der Waals surface area contributed by atoms with E-state index in [9.17, 15) is 9.18 Å². The van der Waals surface area contributed by atoms with Crippen LogP contribution in [0.25, 0.3) is 0 Å². The lowest BCUT2D eigenvalue weighted by Gasteiger charge is -2.12. The first kappa shape index (κ1) is 13.5. The molecule has 0 aliphatic rings. The largest absolute Gasteiger partial charge is 0.396 e. The molecule has 3 nitrogen and oxygen atoms in total. The second-order valence-corrected chi connectivity index (χ2v) is 5.70. The molecule has 1 aromatic carbocycles. The average Bonchev–Trinajstić information content (AvgIpc) is 2.79. The number of anilines is 1. The number of amides is 1. The molecule has 1 atom stereocenters. The first-order valence-corrected chi connectivity index (χ1v) is 6.71. The number of halogens is 1. The molecule has 5 heteroatoms. The van der Waals surface area contributed by atoms with E-state index in [4.69, 9.17) is 5.73 Å². The second-order valence-electron chi connectivity index (χ2n) is 4.38. The van der Waals surface area contributed by atoms with Crippen LogP contribution in [0.15, 0.2) is 30.3 Å². The normalized spacial score (nSPS) is 12.2. The molecule has 0 aliphatic heterocycles. The van der Waals surface area contributed by atoms with E-state index in [2.05, 4.69) is 5.32 Å². The molecule has 0 aliphatic carbocycles. The van der Waals surface area contributed by atoms with Gasteiger partial charge in [0, 0.05) is 15.3 Å². The molecule has 0 bridgehead atoms. The summed E-state index contributed by atoms with van der Waals surface area (Å²) >= 11 is 1.63. The number of rotatable bonds is 3. The summed E-state index contributed by atoms with van der Waals surface area (Å²) < 4.78 is 13.3. The van der Waals surface area contributed by atoms with Gasteiger partial charge in [0.25, 0.3) is 5.91 Å². The smallest absolute Gasteiger partial charge is 0.251 e. The number of benzene rings is 1. The fourth-order valence-electron chi connectivity index (χ4n) is 1.71. The van der Waals surface area contributed by atoms with Crippen LogP contribution in [0.5, 0.6) is 0 Å². The molecule has 0 saturated heterocycles. The second kappa shape index (κ2) is 5.40. The number of thiophene rings is 1. The Morgan fingerprint density at radius 3 is 2.68 bits per heavy atom. The van der Waals surface area contributed by atoms with Crippen molar-refractivity contribution in [3.05, 3.63) is 51.5 Å². The third-order valence-corrected chi connectivity index (χ3v) is 3.98. The molecule has 2 aromatic rings. The summed E-state index contributed by atoms with van der Waals surface area (Å²) in [6, 6.07) is 7.94. The maximum atomic E-state index is 13.3. The van der Waals surface area contributed by atoms with Crippen molar-refractivity contribution < 1.29 is 9.18 Å². The van der Waals surface area contributed by atoms with Crippen LogP contribution in [-0.4, -0.2) is 5.91 Å². The van der Waals surface area contributed by atoms with Gasteiger partial charge in [-0.05, 0) is 44.2 Å². The molecule has 0 spiro atoms.